The molecule has 1 aliphatic heterocycles. The zero-order chi connectivity index (χ0) is 5.11. The van der Waals surface area contributed by atoms with Crippen molar-refractivity contribution in [3.63, 3.8) is 0 Å². The van der Waals surface area contributed by atoms with Crippen LogP contribution in [0.15, 0.2) is 20.0 Å². The molecule has 0 saturated heterocycles. The summed E-state index contributed by atoms with van der Waals surface area (Å²) in [7, 11) is 0. The third kappa shape index (κ3) is 1.46. The number of hydrogen-bond acceptors (Lipinski definition) is 2. The molecule has 1 rings (SSSR count). The fourth-order valence-electron chi connectivity index (χ4n) is 0.256. The lowest BCUT2D eigenvalue weighted by Crippen LogP contribution is -1.67. The molecule has 0 N–H and O–H groups in total. The van der Waals surface area contributed by atoms with Gasteiger partial charge in [-0.15, -0.1) is 0 Å². The maximum Gasteiger partial charge on any atom is 0.0779 e. The van der Waals surface area contributed by atoms with Crippen LogP contribution in [0.25, 0.3) is 0 Å². The third-order valence-corrected chi connectivity index (χ3v) is 1.72. The summed E-state index contributed by atoms with van der Waals surface area (Å²) in [5, 5.41) is 0. The van der Waals surface area contributed by atoms with E-state index in [1.165, 1.54) is 0 Å². The smallest absolute Gasteiger partial charge is 0.0779 e. The monoisotopic (exact) mass is 208 g/mol. The van der Waals surface area contributed by atoms with E-state index in [0.717, 1.165) is 5.70 Å². The Morgan fingerprint density at radius 3 is 2.86 bits per heavy atom. The highest BCUT2D eigenvalue weighted by Crippen LogP contribution is 2.07. The lowest BCUT2D eigenvalue weighted by Gasteiger charge is -1.87. The summed E-state index contributed by atoms with van der Waals surface area (Å²) in [6.45, 7) is 1.95. The van der Waals surface area contributed by atoms with Crippen LogP contribution in [0.3, 0.4) is 0 Å². The molecule has 38 valence electrons. The van der Waals surface area contributed by atoms with Gasteiger partial charge in [-0.3, -0.25) is 4.99 Å². The minimum atomic E-state index is -0.0555. The molecule has 1 aliphatic rings. The summed E-state index contributed by atoms with van der Waals surface area (Å²) in [5.41, 5.74) is 1.02. The van der Waals surface area contributed by atoms with Crippen LogP contribution in [0.2, 0.25) is 0 Å². The van der Waals surface area contributed by atoms with Crippen LogP contribution >= 0.6 is 21.0 Å². The van der Waals surface area contributed by atoms with E-state index in [0.29, 0.717) is 0 Å². The SMILES string of the molecule is CC1=CN=IC=N1. The van der Waals surface area contributed by atoms with Crippen LogP contribution in [0, 0.1) is 0 Å². The van der Waals surface area contributed by atoms with Gasteiger partial charge in [-0.05, 0) is 6.92 Å². The molecule has 3 heteroatoms. The number of halogens is 1. The first kappa shape index (κ1) is 5.08. The third-order valence-electron chi connectivity index (χ3n) is 0.588. The van der Waals surface area contributed by atoms with Gasteiger partial charge in [0.15, 0.2) is 0 Å². The molecule has 0 aromatic carbocycles. The van der Waals surface area contributed by atoms with Gasteiger partial charge in [-0.1, -0.05) is 0 Å². The average molecular weight is 208 g/mol. The Morgan fingerprint density at radius 2 is 2.57 bits per heavy atom. The first-order valence-electron chi connectivity index (χ1n) is 1.92. The minimum absolute atomic E-state index is 0.0555. The Morgan fingerprint density at radius 1 is 1.71 bits per heavy atom. The Labute approximate surface area is 52.5 Å². The van der Waals surface area contributed by atoms with E-state index in [9.17, 15) is 0 Å². The molecule has 0 aliphatic carbocycles. The van der Waals surface area contributed by atoms with E-state index in [2.05, 4.69) is 8.14 Å². The normalized spacial score (nSPS) is 18.1. The van der Waals surface area contributed by atoms with Gasteiger partial charge in [0.2, 0.25) is 0 Å². The topological polar surface area (TPSA) is 24.7 Å². The quantitative estimate of drug-likeness (QED) is 0.544. The van der Waals surface area contributed by atoms with Crippen molar-refractivity contribution >= 4 is 25.3 Å². The highest BCUT2D eigenvalue weighted by molar-refractivity contribution is 14.2. The van der Waals surface area contributed by atoms with E-state index >= 15 is 0 Å². The predicted octanol–water partition coefficient (Wildman–Crippen LogP) is 2.04. The van der Waals surface area contributed by atoms with Crippen molar-refractivity contribution in [2.45, 2.75) is 6.92 Å². The number of hydrogen-bond donors (Lipinski definition) is 0. The maximum atomic E-state index is 4.06. The molecule has 0 aromatic rings. The molecule has 0 atom stereocenters. The molecule has 0 radical (unpaired) electrons. The van der Waals surface area contributed by atoms with Crippen molar-refractivity contribution in [1.29, 1.82) is 0 Å². The second kappa shape index (κ2) is 2.30. The first-order chi connectivity index (χ1) is 3.39. The highest BCUT2D eigenvalue weighted by Gasteiger charge is 1.81. The Bertz CT molecular complexity index is 146. The first-order valence-corrected chi connectivity index (χ1v) is 4.13. The fraction of sp³-hybridized carbons (Fsp3) is 0.250. The molecular formula is C4H5IN2. The average Bonchev–Trinajstić information content (AvgIpc) is 1.69. The summed E-state index contributed by atoms with van der Waals surface area (Å²) in [6.07, 6.45) is 1.83. The second-order valence-corrected chi connectivity index (χ2v) is 2.86. The van der Waals surface area contributed by atoms with Crippen molar-refractivity contribution in [3.8, 4) is 0 Å². The van der Waals surface area contributed by atoms with Crippen molar-refractivity contribution in [1.82, 2.24) is 0 Å². The molecule has 0 spiro atoms. The van der Waals surface area contributed by atoms with Crippen LogP contribution in [0.1, 0.15) is 6.92 Å². The van der Waals surface area contributed by atoms with E-state index in [1.54, 1.807) is 0 Å². The number of nitrogens with zero attached hydrogens (tertiary/aromatic N) is 2. The summed E-state index contributed by atoms with van der Waals surface area (Å²) < 4.78 is 5.97. The van der Waals surface area contributed by atoms with Crippen LogP contribution in [-0.4, -0.2) is 4.22 Å². The predicted molar refractivity (Wildman–Crippen MR) is 38.7 cm³/mol. The van der Waals surface area contributed by atoms with Gasteiger partial charge in [0, 0.05) is 21.0 Å². The zero-order valence-corrected chi connectivity index (χ0v) is 6.08. The van der Waals surface area contributed by atoms with Crippen LogP contribution in [0.5, 0.6) is 0 Å². The lowest BCUT2D eigenvalue weighted by molar-refractivity contribution is 1.29. The van der Waals surface area contributed by atoms with Crippen molar-refractivity contribution in [2.75, 3.05) is 0 Å². The van der Waals surface area contributed by atoms with Gasteiger partial charge in [0.05, 0.1) is 16.1 Å². The maximum absolute atomic E-state index is 4.06. The number of rotatable bonds is 0. The van der Waals surface area contributed by atoms with Crippen molar-refractivity contribution in [2.24, 2.45) is 8.14 Å². The molecule has 0 aromatic heterocycles. The summed E-state index contributed by atoms with van der Waals surface area (Å²) >= 11 is -0.0555. The van der Waals surface area contributed by atoms with Gasteiger partial charge in [0.25, 0.3) is 0 Å². The zero-order valence-electron chi connectivity index (χ0n) is 3.93. The summed E-state index contributed by atoms with van der Waals surface area (Å²) in [4.78, 5) is 4.02. The van der Waals surface area contributed by atoms with Gasteiger partial charge in [0.1, 0.15) is 0 Å². The number of aliphatic imine (C=N–C) groups is 1. The highest BCUT2D eigenvalue weighted by atomic mass is 127. The summed E-state index contributed by atoms with van der Waals surface area (Å²) in [6, 6.07) is 0. The lowest BCUT2D eigenvalue weighted by atomic mass is 10.6. The molecule has 7 heavy (non-hydrogen) atoms. The van der Waals surface area contributed by atoms with Gasteiger partial charge >= 0.3 is 0 Å². The minimum Gasteiger partial charge on any atom is -0.252 e. The van der Waals surface area contributed by atoms with E-state index in [1.807, 2.05) is 17.3 Å². The standard InChI is InChI=1S/C4H5IN2/c1-4-2-7-5-3-6-4/h2-3H,1H3. The Kier molecular flexibility index (Phi) is 1.67. The van der Waals surface area contributed by atoms with Crippen molar-refractivity contribution in [3.05, 3.63) is 11.9 Å². The van der Waals surface area contributed by atoms with Crippen molar-refractivity contribution < 1.29 is 0 Å². The van der Waals surface area contributed by atoms with E-state index in [4.69, 9.17) is 0 Å². The molecule has 0 bridgehead atoms. The Hall–Kier alpha value is -0.0600. The molecule has 0 amide bonds. The molecule has 1 heterocycles. The Balaban J connectivity index is 2.82. The molecule has 2 nitrogen and oxygen atoms in total. The van der Waals surface area contributed by atoms with Crippen LogP contribution in [0.4, 0.5) is 0 Å². The molecule has 0 unspecified atom stereocenters. The summed E-state index contributed by atoms with van der Waals surface area (Å²) in [5.74, 6) is 0. The fourth-order valence-corrected chi connectivity index (χ4v) is 1.53. The molecular weight excluding hydrogens is 203 g/mol. The number of allylic oxidation sites excluding steroid dienone is 1. The van der Waals surface area contributed by atoms with Gasteiger partial charge in [-0.25, -0.2) is 3.15 Å². The van der Waals surface area contributed by atoms with E-state index < -0.39 is 0 Å². The van der Waals surface area contributed by atoms with Gasteiger partial charge in [-0.2, -0.15) is 0 Å². The van der Waals surface area contributed by atoms with Crippen LogP contribution in [-0.2, 0) is 0 Å². The van der Waals surface area contributed by atoms with Crippen LogP contribution < -0.4 is 0 Å². The molecule has 0 fully saturated rings. The van der Waals surface area contributed by atoms with Gasteiger partial charge < -0.3 is 0 Å². The largest absolute Gasteiger partial charge is 0.252 e. The second-order valence-electron chi connectivity index (χ2n) is 1.19. The molecule has 0 saturated carbocycles. The van der Waals surface area contributed by atoms with E-state index in [-0.39, 0.29) is 21.0 Å².